The van der Waals surface area contributed by atoms with Gasteiger partial charge in [-0.05, 0) is 51.0 Å². The first-order chi connectivity index (χ1) is 12.7. The smallest absolute Gasteiger partial charge is 0.334 e. The molecule has 0 spiro atoms. The molecule has 2 heterocycles. The van der Waals surface area contributed by atoms with Gasteiger partial charge in [0.2, 0.25) is 0 Å². The third kappa shape index (κ3) is 2.56. The van der Waals surface area contributed by atoms with Gasteiger partial charge in [0, 0.05) is 5.57 Å². The van der Waals surface area contributed by atoms with Crippen LogP contribution in [0.1, 0.15) is 33.3 Å². The van der Waals surface area contributed by atoms with Crippen LogP contribution in [0.15, 0.2) is 35.4 Å². The zero-order valence-electron chi connectivity index (χ0n) is 15.6. The molecule has 1 aromatic rings. The minimum atomic E-state index is -1.37. The van der Waals surface area contributed by atoms with E-state index in [9.17, 15) is 18.8 Å². The number of halogens is 1. The number of esters is 3. The number of hydrogen-bond donors (Lipinski definition) is 0. The van der Waals surface area contributed by atoms with Gasteiger partial charge in [0.05, 0.1) is 12.0 Å². The van der Waals surface area contributed by atoms with Crippen LogP contribution < -0.4 is 0 Å². The Morgan fingerprint density at radius 1 is 1.26 bits per heavy atom. The number of cyclic esters (lactones) is 2. The Balaban J connectivity index is 2.28. The molecular formula is C20H21FO6. The Hall–Kier alpha value is -2.70. The highest BCUT2D eigenvalue weighted by atomic mass is 19.1. The Morgan fingerprint density at radius 3 is 2.41 bits per heavy atom. The van der Waals surface area contributed by atoms with Crippen molar-refractivity contribution in [2.75, 3.05) is 13.2 Å². The summed E-state index contributed by atoms with van der Waals surface area (Å²) < 4.78 is 29.6. The first kappa shape index (κ1) is 19.1. The van der Waals surface area contributed by atoms with Gasteiger partial charge in [-0.25, -0.2) is 9.18 Å². The molecule has 2 aliphatic heterocycles. The standard InChI is InChI=1S/C20H21FO6/c1-5-25-17(23)15-18(24)26-10-20(15,13-6-8-14(21)9-7-13)19(4)12(3)11(2)16(22)27-19/h6-9,15H,5,10H2,1-4H3/t15-,19?,20+/m1/s1. The van der Waals surface area contributed by atoms with Crippen LogP contribution in [-0.4, -0.2) is 36.7 Å². The summed E-state index contributed by atoms with van der Waals surface area (Å²) in [6, 6.07) is 5.41. The topological polar surface area (TPSA) is 78.9 Å². The first-order valence-electron chi connectivity index (χ1n) is 8.69. The summed E-state index contributed by atoms with van der Waals surface area (Å²) in [5.74, 6) is -3.87. The van der Waals surface area contributed by atoms with Gasteiger partial charge in [0.15, 0.2) is 5.92 Å². The van der Waals surface area contributed by atoms with E-state index >= 15 is 0 Å². The average molecular weight is 376 g/mol. The molecule has 27 heavy (non-hydrogen) atoms. The molecule has 0 amide bonds. The third-order valence-corrected chi connectivity index (χ3v) is 5.78. The van der Waals surface area contributed by atoms with Crippen LogP contribution in [0, 0.1) is 11.7 Å². The predicted octanol–water partition coefficient (Wildman–Crippen LogP) is 2.45. The minimum Gasteiger partial charge on any atom is -0.465 e. The normalized spacial score (nSPS) is 30.3. The average Bonchev–Trinajstić information content (AvgIpc) is 3.08. The highest BCUT2D eigenvalue weighted by Crippen LogP contribution is 2.54. The van der Waals surface area contributed by atoms with Crippen molar-refractivity contribution in [3.8, 4) is 0 Å². The van der Waals surface area contributed by atoms with Crippen molar-refractivity contribution in [2.45, 2.75) is 38.7 Å². The summed E-state index contributed by atoms with van der Waals surface area (Å²) in [7, 11) is 0. The minimum absolute atomic E-state index is 0.0759. The maximum atomic E-state index is 13.5. The molecule has 0 saturated carbocycles. The summed E-state index contributed by atoms with van der Waals surface area (Å²) in [5.41, 5.74) is -1.26. The second kappa shape index (κ2) is 6.48. The fraction of sp³-hybridized carbons (Fsp3) is 0.450. The van der Waals surface area contributed by atoms with Crippen molar-refractivity contribution < 1.29 is 33.0 Å². The van der Waals surface area contributed by atoms with Crippen LogP contribution in [0.3, 0.4) is 0 Å². The monoisotopic (exact) mass is 376 g/mol. The maximum Gasteiger partial charge on any atom is 0.334 e. The lowest BCUT2D eigenvalue weighted by Gasteiger charge is -2.44. The van der Waals surface area contributed by atoms with E-state index in [4.69, 9.17) is 14.2 Å². The second-order valence-corrected chi connectivity index (χ2v) is 6.94. The summed E-state index contributed by atoms with van der Waals surface area (Å²) in [6.45, 7) is 6.50. The molecule has 7 heteroatoms. The van der Waals surface area contributed by atoms with E-state index in [1.807, 2.05) is 0 Å². The molecule has 2 aliphatic rings. The van der Waals surface area contributed by atoms with E-state index < -0.39 is 40.7 Å². The van der Waals surface area contributed by atoms with Gasteiger partial charge < -0.3 is 14.2 Å². The van der Waals surface area contributed by atoms with E-state index in [2.05, 4.69) is 0 Å². The van der Waals surface area contributed by atoms with Crippen LogP contribution in [0.2, 0.25) is 0 Å². The summed E-state index contributed by atoms with van der Waals surface area (Å²) in [5, 5.41) is 0. The third-order valence-electron chi connectivity index (χ3n) is 5.78. The zero-order chi connectivity index (χ0) is 20.0. The fourth-order valence-electron chi connectivity index (χ4n) is 4.04. The van der Waals surface area contributed by atoms with Crippen molar-refractivity contribution in [2.24, 2.45) is 5.92 Å². The highest BCUT2D eigenvalue weighted by Gasteiger charge is 2.69. The molecule has 0 aliphatic carbocycles. The van der Waals surface area contributed by atoms with Gasteiger partial charge in [0.1, 0.15) is 18.0 Å². The van der Waals surface area contributed by atoms with E-state index in [0.717, 1.165) is 0 Å². The van der Waals surface area contributed by atoms with Gasteiger partial charge in [0.25, 0.3) is 0 Å². The number of rotatable bonds is 4. The molecule has 0 N–H and O–H groups in total. The van der Waals surface area contributed by atoms with Crippen molar-refractivity contribution in [1.29, 1.82) is 0 Å². The number of carbonyl (C=O) groups is 3. The van der Waals surface area contributed by atoms with Crippen LogP contribution in [0.25, 0.3) is 0 Å². The number of carbonyl (C=O) groups excluding carboxylic acids is 3. The number of hydrogen-bond acceptors (Lipinski definition) is 6. The number of benzene rings is 1. The van der Waals surface area contributed by atoms with E-state index in [1.165, 1.54) is 24.3 Å². The molecule has 1 unspecified atom stereocenters. The molecule has 0 bridgehead atoms. The van der Waals surface area contributed by atoms with E-state index in [0.29, 0.717) is 16.7 Å². The molecule has 144 valence electrons. The Morgan fingerprint density at radius 2 is 1.89 bits per heavy atom. The summed E-state index contributed by atoms with van der Waals surface area (Å²) in [4.78, 5) is 37.6. The molecule has 1 fully saturated rings. The second-order valence-electron chi connectivity index (χ2n) is 6.94. The van der Waals surface area contributed by atoms with Crippen molar-refractivity contribution in [3.63, 3.8) is 0 Å². The molecule has 6 nitrogen and oxygen atoms in total. The van der Waals surface area contributed by atoms with Gasteiger partial charge in [-0.2, -0.15) is 0 Å². The van der Waals surface area contributed by atoms with Crippen LogP contribution >= 0.6 is 0 Å². The quantitative estimate of drug-likeness (QED) is 0.456. The lowest BCUT2D eigenvalue weighted by atomic mass is 9.59. The largest absolute Gasteiger partial charge is 0.465 e. The Bertz CT molecular complexity index is 843. The van der Waals surface area contributed by atoms with E-state index in [1.54, 1.807) is 27.7 Å². The van der Waals surface area contributed by atoms with E-state index in [-0.39, 0.29) is 13.2 Å². The first-order valence-corrected chi connectivity index (χ1v) is 8.69. The lowest BCUT2D eigenvalue weighted by Crippen LogP contribution is -2.58. The number of ether oxygens (including phenoxy) is 3. The summed E-state index contributed by atoms with van der Waals surface area (Å²) in [6.07, 6.45) is 0. The van der Waals surface area contributed by atoms with Gasteiger partial charge >= 0.3 is 17.9 Å². The highest BCUT2D eigenvalue weighted by molar-refractivity contribution is 6.00. The molecule has 0 aromatic heterocycles. The van der Waals surface area contributed by atoms with Gasteiger partial charge in [-0.1, -0.05) is 12.1 Å². The molecular weight excluding hydrogens is 355 g/mol. The van der Waals surface area contributed by atoms with Crippen LogP contribution in [0.5, 0.6) is 0 Å². The van der Waals surface area contributed by atoms with Gasteiger partial charge in [-0.15, -0.1) is 0 Å². The van der Waals surface area contributed by atoms with Gasteiger partial charge in [-0.3, -0.25) is 9.59 Å². The molecule has 3 atom stereocenters. The SMILES string of the molecule is CCOC(=O)[C@@H]1C(=O)OC[C@@]1(c1ccc(F)cc1)C1(C)OC(=O)C(C)=C1C. The molecule has 1 saturated heterocycles. The molecule has 0 radical (unpaired) electrons. The van der Waals surface area contributed by atoms with Crippen LogP contribution in [-0.2, 0) is 34.0 Å². The van der Waals surface area contributed by atoms with Crippen molar-refractivity contribution >= 4 is 17.9 Å². The van der Waals surface area contributed by atoms with Crippen molar-refractivity contribution in [3.05, 3.63) is 46.8 Å². The van der Waals surface area contributed by atoms with Crippen LogP contribution in [0.4, 0.5) is 4.39 Å². The fourth-order valence-corrected chi connectivity index (χ4v) is 4.04. The Labute approximate surface area is 156 Å². The van der Waals surface area contributed by atoms with Crippen molar-refractivity contribution in [1.82, 2.24) is 0 Å². The molecule has 3 rings (SSSR count). The molecule has 1 aromatic carbocycles. The maximum absolute atomic E-state index is 13.5. The predicted molar refractivity (Wildman–Crippen MR) is 92.0 cm³/mol. The Kier molecular flexibility index (Phi) is 4.57. The summed E-state index contributed by atoms with van der Waals surface area (Å²) >= 11 is 0. The zero-order valence-corrected chi connectivity index (χ0v) is 15.6. The lowest BCUT2D eigenvalue weighted by molar-refractivity contribution is -0.164.